The zero-order valence-electron chi connectivity index (χ0n) is 19.0. The van der Waals surface area contributed by atoms with Gasteiger partial charge in [-0.3, -0.25) is 9.59 Å². The summed E-state index contributed by atoms with van der Waals surface area (Å²) in [6, 6.07) is 15.2. The van der Waals surface area contributed by atoms with Gasteiger partial charge in [-0.15, -0.1) is 0 Å². The van der Waals surface area contributed by atoms with E-state index in [0.29, 0.717) is 18.8 Å². The van der Waals surface area contributed by atoms with Gasteiger partial charge in [0.15, 0.2) is 6.61 Å². The van der Waals surface area contributed by atoms with E-state index in [1.165, 1.54) is 5.56 Å². The second kappa shape index (κ2) is 10.3. The van der Waals surface area contributed by atoms with Crippen LogP contribution in [-0.2, 0) is 21.5 Å². The van der Waals surface area contributed by atoms with Crippen molar-refractivity contribution in [2.75, 3.05) is 13.2 Å². The van der Waals surface area contributed by atoms with Crippen LogP contribution in [0.4, 0.5) is 0 Å². The first-order valence-corrected chi connectivity index (χ1v) is 10.5. The molecule has 162 valence electrons. The number of benzene rings is 2. The SMILES string of the molecule is CCNC(=O)[C@H](C)N(Cc1ccc(C)cc1)C(=O)COc1ccc(C(C)(C)C)cc1. The second-order valence-corrected chi connectivity index (χ2v) is 8.64. The van der Waals surface area contributed by atoms with Gasteiger partial charge in [0, 0.05) is 13.1 Å². The summed E-state index contributed by atoms with van der Waals surface area (Å²) in [4.78, 5) is 26.9. The third-order valence-electron chi connectivity index (χ3n) is 5.07. The molecule has 0 spiro atoms. The summed E-state index contributed by atoms with van der Waals surface area (Å²) in [5.41, 5.74) is 3.38. The standard InChI is InChI=1S/C25H34N2O3/c1-7-26-24(29)19(3)27(16-20-10-8-18(2)9-11-20)23(28)17-30-22-14-12-21(13-15-22)25(4,5)6/h8-15,19H,7,16-17H2,1-6H3,(H,26,29)/t19-/m0/s1. The molecule has 5 nitrogen and oxygen atoms in total. The summed E-state index contributed by atoms with van der Waals surface area (Å²) in [6.45, 7) is 12.8. The van der Waals surface area contributed by atoms with Gasteiger partial charge >= 0.3 is 0 Å². The van der Waals surface area contributed by atoms with E-state index >= 15 is 0 Å². The summed E-state index contributed by atoms with van der Waals surface area (Å²) < 4.78 is 5.74. The average molecular weight is 411 g/mol. The van der Waals surface area contributed by atoms with Crippen molar-refractivity contribution in [3.63, 3.8) is 0 Å². The molecule has 1 N–H and O–H groups in total. The van der Waals surface area contributed by atoms with Crippen LogP contribution in [0, 0.1) is 6.92 Å². The van der Waals surface area contributed by atoms with E-state index in [1.807, 2.05) is 62.4 Å². The van der Waals surface area contributed by atoms with Crippen LogP contribution in [0.3, 0.4) is 0 Å². The minimum absolute atomic E-state index is 0.0568. The van der Waals surface area contributed by atoms with Crippen LogP contribution in [0.25, 0.3) is 0 Å². The van der Waals surface area contributed by atoms with E-state index in [2.05, 4.69) is 26.1 Å². The van der Waals surface area contributed by atoms with Crippen LogP contribution in [0.1, 0.15) is 51.3 Å². The Morgan fingerprint density at radius 1 is 1.03 bits per heavy atom. The number of amides is 2. The molecule has 2 aromatic rings. The molecular weight excluding hydrogens is 376 g/mol. The molecule has 0 bridgehead atoms. The highest BCUT2D eigenvalue weighted by atomic mass is 16.5. The van der Waals surface area contributed by atoms with Crippen molar-refractivity contribution in [2.45, 2.75) is 59.5 Å². The molecule has 0 fully saturated rings. The molecule has 30 heavy (non-hydrogen) atoms. The molecule has 0 aromatic heterocycles. The number of nitrogens with one attached hydrogen (secondary N) is 1. The molecule has 0 unspecified atom stereocenters. The van der Waals surface area contributed by atoms with E-state index in [1.54, 1.807) is 11.8 Å². The monoisotopic (exact) mass is 410 g/mol. The third kappa shape index (κ3) is 6.61. The molecule has 0 aliphatic heterocycles. The van der Waals surface area contributed by atoms with Crippen LogP contribution in [-0.4, -0.2) is 35.9 Å². The summed E-state index contributed by atoms with van der Waals surface area (Å²) in [5, 5.41) is 2.80. The number of likely N-dealkylation sites (N-methyl/N-ethyl adjacent to an activating group) is 1. The summed E-state index contributed by atoms with van der Waals surface area (Å²) >= 11 is 0. The number of carbonyl (C=O) groups excluding carboxylic acids is 2. The molecule has 0 heterocycles. The van der Waals surface area contributed by atoms with Crippen molar-refractivity contribution in [3.8, 4) is 5.75 Å². The van der Waals surface area contributed by atoms with Gasteiger partial charge in [-0.25, -0.2) is 0 Å². The molecular formula is C25H34N2O3. The fourth-order valence-electron chi connectivity index (χ4n) is 3.07. The number of hydrogen-bond donors (Lipinski definition) is 1. The van der Waals surface area contributed by atoms with Gasteiger partial charge in [-0.1, -0.05) is 62.7 Å². The van der Waals surface area contributed by atoms with Crippen LogP contribution < -0.4 is 10.1 Å². The first kappa shape index (κ1) is 23.5. The molecule has 5 heteroatoms. The van der Waals surface area contributed by atoms with E-state index in [4.69, 9.17) is 4.74 Å². The molecule has 2 amide bonds. The number of ether oxygens (including phenoxy) is 1. The van der Waals surface area contributed by atoms with Gasteiger partial charge in [0.05, 0.1) is 0 Å². The Balaban J connectivity index is 2.11. The van der Waals surface area contributed by atoms with Crippen molar-refractivity contribution in [2.24, 2.45) is 0 Å². The van der Waals surface area contributed by atoms with Gasteiger partial charge in [-0.05, 0) is 49.4 Å². The van der Waals surface area contributed by atoms with Crippen molar-refractivity contribution < 1.29 is 14.3 Å². The van der Waals surface area contributed by atoms with Crippen LogP contribution in [0.2, 0.25) is 0 Å². The van der Waals surface area contributed by atoms with Crippen molar-refractivity contribution in [1.82, 2.24) is 10.2 Å². The zero-order chi connectivity index (χ0) is 22.3. The Labute approximate surface area is 180 Å². The maximum Gasteiger partial charge on any atom is 0.261 e. The van der Waals surface area contributed by atoms with E-state index in [0.717, 1.165) is 11.1 Å². The lowest BCUT2D eigenvalue weighted by Gasteiger charge is -2.28. The number of nitrogens with zero attached hydrogens (tertiary/aromatic N) is 1. The van der Waals surface area contributed by atoms with Crippen LogP contribution >= 0.6 is 0 Å². The third-order valence-corrected chi connectivity index (χ3v) is 5.07. The predicted molar refractivity (Wildman–Crippen MR) is 121 cm³/mol. The lowest BCUT2D eigenvalue weighted by Crippen LogP contribution is -2.49. The van der Waals surface area contributed by atoms with Gasteiger partial charge < -0.3 is 15.0 Å². The fraction of sp³-hybridized carbons (Fsp3) is 0.440. The summed E-state index contributed by atoms with van der Waals surface area (Å²) in [7, 11) is 0. The lowest BCUT2D eigenvalue weighted by molar-refractivity contribution is -0.142. The molecule has 0 aliphatic rings. The van der Waals surface area contributed by atoms with E-state index < -0.39 is 6.04 Å². The second-order valence-electron chi connectivity index (χ2n) is 8.64. The molecule has 2 aromatic carbocycles. The number of carbonyl (C=O) groups is 2. The van der Waals surface area contributed by atoms with Crippen molar-refractivity contribution in [3.05, 3.63) is 65.2 Å². The fourth-order valence-corrected chi connectivity index (χ4v) is 3.07. The summed E-state index contributed by atoms with van der Waals surface area (Å²) in [5.74, 6) is 0.235. The Morgan fingerprint density at radius 2 is 1.63 bits per heavy atom. The number of rotatable bonds is 8. The van der Waals surface area contributed by atoms with E-state index in [-0.39, 0.29) is 23.8 Å². The smallest absolute Gasteiger partial charge is 0.261 e. The van der Waals surface area contributed by atoms with Gasteiger partial charge in [0.1, 0.15) is 11.8 Å². The quantitative estimate of drug-likeness (QED) is 0.709. The highest BCUT2D eigenvalue weighted by molar-refractivity contribution is 5.87. The number of hydrogen-bond acceptors (Lipinski definition) is 3. The maximum absolute atomic E-state index is 13.0. The predicted octanol–water partition coefficient (Wildman–Crippen LogP) is 4.22. The number of aryl methyl sites for hydroxylation is 1. The molecule has 2 rings (SSSR count). The lowest BCUT2D eigenvalue weighted by atomic mass is 9.87. The zero-order valence-corrected chi connectivity index (χ0v) is 19.0. The highest BCUT2D eigenvalue weighted by Crippen LogP contribution is 2.24. The molecule has 0 radical (unpaired) electrons. The average Bonchev–Trinajstić information content (AvgIpc) is 2.71. The van der Waals surface area contributed by atoms with Crippen molar-refractivity contribution in [1.29, 1.82) is 0 Å². The van der Waals surface area contributed by atoms with Gasteiger partial charge in [0.25, 0.3) is 5.91 Å². The van der Waals surface area contributed by atoms with Crippen LogP contribution in [0.5, 0.6) is 5.75 Å². The summed E-state index contributed by atoms with van der Waals surface area (Å²) in [6.07, 6.45) is 0. The minimum Gasteiger partial charge on any atom is -0.484 e. The maximum atomic E-state index is 13.0. The Kier molecular flexibility index (Phi) is 8.04. The first-order valence-electron chi connectivity index (χ1n) is 10.5. The van der Waals surface area contributed by atoms with E-state index in [9.17, 15) is 9.59 Å². The van der Waals surface area contributed by atoms with Gasteiger partial charge in [-0.2, -0.15) is 0 Å². The molecule has 0 aliphatic carbocycles. The Bertz CT molecular complexity index is 836. The largest absolute Gasteiger partial charge is 0.484 e. The highest BCUT2D eigenvalue weighted by Gasteiger charge is 2.26. The first-order chi connectivity index (χ1) is 14.1. The minimum atomic E-state index is -0.592. The molecule has 0 saturated carbocycles. The Morgan fingerprint density at radius 3 is 2.17 bits per heavy atom. The Hall–Kier alpha value is -2.82. The topological polar surface area (TPSA) is 58.6 Å². The normalized spacial score (nSPS) is 12.2. The molecule has 1 atom stereocenters. The van der Waals surface area contributed by atoms with Gasteiger partial charge in [0.2, 0.25) is 5.91 Å². The van der Waals surface area contributed by atoms with Crippen LogP contribution in [0.15, 0.2) is 48.5 Å². The molecule has 0 saturated heterocycles. The van der Waals surface area contributed by atoms with Crippen molar-refractivity contribution >= 4 is 11.8 Å².